The smallest absolute Gasteiger partial charge is 0.394 e. The van der Waals surface area contributed by atoms with Crippen LogP contribution in [0.15, 0.2) is 0 Å². The highest BCUT2D eigenvalue weighted by Crippen LogP contribution is 2.40. The Balaban J connectivity index is 0. The van der Waals surface area contributed by atoms with Crippen molar-refractivity contribution in [2.75, 3.05) is 13.2 Å². The molecule has 136 valence electrons. The summed E-state index contributed by atoms with van der Waals surface area (Å²) in [6.07, 6.45) is -7.00. The Morgan fingerprint density at radius 2 is 1.73 bits per heavy atom. The van der Waals surface area contributed by atoms with E-state index in [0.717, 1.165) is 0 Å². The largest absolute Gasteiger partial charge is 0.472 e. The number of hydrogen-bond donors (Lipinski definition) is 7. The molecule has 1 aliphatic heterocycles. The second-order valence-corrected chi connectivity index (χ2v) is 6.19. The third-order valence-electron chi connectivity index (χ3n) is 2.69. The second kappa shape index (κ2) is 9.85. The van der Waals surface area contributed by atoms with E-state index in [2.05, 4.69) is 4.52 Å². The van der Waals surface area contributed by atoms with Crippen LogP contribution in [0.1, 0.15) is 13.8 Å². The minimum absolute atomic E-state index is 0. The van der Waals surface area contributed by atoms with Crippen LogP contribution >= 0.6 is 7.82 Å². The van der Waals surface area contributed by atoms with Gasteiger partial charge in [-0.05, 0) is 5.92 Å². The van der Waals surface area contributed by atoms with Gasteiger partial charge in [-0.1, -0.05) is 13.8 Å². The zero-order chi connectivity index (χ0) is 15.5. The van der Waals surface area contributed by atoms with Gasteiger partial charge in [0.25, 0.3) is 0 Å². The first-order valence-electron chi connectivity index (χ1n) is 6.13. The van der Waals surface area contributed by atoms with Crippen LogP contribution in [-0.2, 0) is 18.6 Å². The van der Waals surface area contributed by atoms with E-state index in [-0.39, 0.29) is 24.8 Å². The quantitative estimate of drug-likeness (QED) is 0.285. The van der Waals surface area contributed by atoms with Crippen LogP contribution in [0.2, 0.25) is 0 Å². The number of aliphatic hydroxyl groups excluding tert-OH is 3. The first-order valence-corrected chi connectivity index (χ1v) is 7.66. The van der Waals surface area contributed by atoms with Gasteiger partial charge in [-0.2, -0.15) is 0 Å². The molecule has 11 nitrogen and oxygen atoms in total. The Morgan fingerprint density at radius 3 is 2.14 bits per heavy atom. The topological polar surface area (TPSA) is 216 Å². The van der Waals surface area contributed by atoms with E-state index >= 15 is 0 Å². The molecule has 5 atom stereocenters. The van der Waals surface area contributed by atoms with Crippen LogP contribution in [0, 0.1) is 5.92 Å². The van der Waals surface area contributed by atoms with Gasteiger partial charge in [0, 0.05) is 6.61 Å². The van der Waals surface area contributed by atoms with Crippen LogP contribution in [-0.4, -0.2) is 69.0 Å². The average Bonchev–Trinajstić information content (AvgIpc) is 2.30. The van der Waals surface area contributed by atoms with Crippen molar-refractivity contribution in [3.63, 3.8) is 0 Å². The van der Waals surface area contributed by atoms with Crippen molar-refractivity contribution in [1.82, 2.24) is 12.3 Å². The van der Waals surface area contributed by atoms with Gasteiger partial charge in [0.05, 0.1) is 6.61 Å². The molecule has 1 fully saturated rings. The van der Waals surface area contributed by atoms with Crippen molar-refractivity contribution in [2.24, 2.45) is 5.92 Å². The third kappa shape index (κ3) is 6.94. The Morgan fingerprint density at radius 1 is 1.18 bits per heavy atom. The van der Waals surface area contributed by atoms with E-state index in [1.165, 1.54) is 0 Å². The summed E-state index contributed by atoms with van der Waals surface area (Å²) in [5, 5.41) is 28.9. The van der Waals surface area contributed by atoms with Crippen LogP contribution in [0.5, 0.6) is 0 Å². The summed E-state index contributed by atoms with van der Waals surface area (Å²) in [5.41, 5.74) is 0. The normalized spacial score (nSPS) is 32.3. The van der Waals surface area contributed by atoms with Crippen LogP contribution in [0.25, 0.3) is 0 Å². The van der Waals surface area contributed by atoms with Crippen LogP contribution in [0.3, 0.4) is 0 Å². The summed E-state index contributed by atoms with van der Waals surface area (Å²) in [6.45, 7) is 3.30. The Bertz CT molecular complexity index is 353. The molecule has 22 heavy (non-hydrogen) atoms. The number of aliphatic hydroxyl groups is 3. The molecule has 12 heteroatoms. The molecule has 1 aliphatic rings. The first kappa shape index (κ1) is 24.1. The molecule has 0 bridgehead atoms. The molecule has 0 amide bonds. The van der Waals surface area contributed by atoms with Crippen LogP contribution < -0.4 is 12.3 Å². The van der Waals surface area contributed by atoms with E-state index < -0.39 is 45.1 Å². The van der Waals surface area contributed by atoms with E-state index in [9.17, 15) is 14.8 Å². The van der Waals surface area contributed by atoms with Gasteiger partial charge in [-0.15, -0.1) is 0 Å². The van der Waals surface area contributed by atoms with Gasteiger partial charge in [-0.3, -0.25) is 4.52 Å². The molecule has 0 saturated carbocycles. The molecule has 0 aromatic heterocycles. The minimum Gasteiger partial charge on any atom is -0.394 e. The lowest BCUT2D eigenvalue weighted by Gasteiger charge is -2.41. The summed E-state index contributed by atoms with van der Waals surface area (Å²) in [4.78, 5) is 17.5. The highest BCUT2D eigenvalue weighted by molar-refractivity contribution is 7.46. The lowest BCUT2D eigenvalue weighted by molar-refractivity contribution is -0.289. The van der Waals surface area contributed by atoms with E-state index in [1.54, 1.807) is 0 Å². The first-order chi connectivity index (χ1) is 9.15. The summed E-state index contributed by atoms with van der Waals surface area (Å²) >= 11 is 0. The van der Waals surface area contributed by atoms with Crippen molar-refractivity contribution in [2.45, 2.75) is 44.6 Å². The minimum atomic E-state index is -4.90. The third-order valence-corrected chi connectivity index (χ3v) is 3.17. The van der Waals surface area contributed by atoms with Crippen molar-refractivity contribution < 1.29 is 43.7 Å². The highest BCUT2D eigenvalue weighted by atomic mass is 31.2. The van der Waals surface area contributed by atoms with Crippen molar-refractivity contribution >= 4 is 7.82 Å². The number of hydrogen-bond acceptors (Lipinski definition) is 9. The molecule has 1 heterocycles. The Kier molecular flexibility index (Phi) is 10.8. The number of phosphoric ester groups is 1. The second-order valence-electron chi connectivity index (χ2n) is 4.99. The Hall–Kier alpha value is -0.170. The fourth-order valence-corrected chi connectivity index (χ4v) is 2.22. The molecule has 1 rings (SSSR count). The number of ether oxygens (including phenoxy) is 2. The summed E-state index contributed by atoms with van der Waals surface area (Å²) in [5.74, 6) is 0.117. The number of phosphoric acid groups is 1. The number of rotatable bonds is 6. The van der Waals surface area contributed by atoms with Crippen molar-refractivity contribution in [3.05, 3.63) is 0 Å². The van der Waals surface area contributed by atoms with Gasteiger partial charge in [0.1, 0.15) is 24.4 Å². The molecule has 0 spiro atoms. The van der Waals surface area contributed by atoms with E-state index in [1.807, 2.05) is 13.8 Å². The molecular formula is C10H27N2O9P. The molecule has 1 saturated heterocycles. The van der Waals surface area contributed by atoms with Crippen molar-refractivity contribution in [1.29, 1.82) is 0 Å². The molecule has 0 unspecified atom stereocenters. The monoisotopic (exact) mass is 350 g/mol. The molecule has 11 N–H and O–H groups in total. The van der Waals surface area contributed by atoms with Crippen molar-refractivity contribution in [3.8, 4) is 0 Å². The van der Waals surface area contributed by atoms with Crippen LogP contribution in [0.4, 0.5) is 0 Å². The predicted molar refractivity (Wildman–Crippen MR) is 75.5 cm³/mol. The lowest BCUT2D eigenvalue weighted by atomic mass is 9.99. The average molecular weight is 350 g/mol. The van der Waals surface area contributed by atoms with E-state index in [0.29, 0.717) is 0 Å². The summed E-state index contributed by atoms with van der Waals surface area (Å²) in [6, 6.07) is 0. The maximum atomic E-state index is 10.8. The van der Waals surface area contributed by atoms with E-state index in [4.69, 9.17) is 24.4 Å². The summed E-state index contributed by atoms with van der Waals surface area (Å²) < 4.78 is 25.4. The Labute approximate surface area is 128 Å². The SMILES string of the molecule is CC(C)CO[C@@H]1[C@@H](O)[C@@H](OP(=O)(O)O)O[C@H](CO)[C@H]1O.N.N. The standard InChI is InChI=1S/C10H21O9P.2H3N/c1-5(2)4-17-9-7(12)6(3-11)18-10(8(9)13)19-20(14,15)16;;/h5-13H,3-4H2,1-2H3,(H2,14,15,16);2*1H3/t6-,7-,8-,9+,10-;;/m1../s1. The molecule has 0 radical (unpaired) electrons. The van der Waals surface area contributed by atoms with Gasteiger partial charge < -0.3 is 46.9 Å². The molecule has 0 aromatic rings. The van der Waals surface area contributed by atoms with Gasteiger partial charge in [0.15, 0.2) is 6.29 Å². The zero-order valence-electron chi connectivity index (χ0n) is 12.6. The highest BCUT2D eigenvalue weighted by Gasteiger charge is 2.47. The van der Waals surface area contributed by atoms with Gasteiger partial charge in [0.2, 0.25) is 0 Å². The zero-order valence-corrected chi connectivity index (χ0v) is 13.5. The lowest BCUT2D eigenvalue weighted by Crippen LogP contribution is -2.60. The molecule has 0 aliphatic carbocycles. The fourth-order valence-electron chi connectivity index (χ4n) is 1.78. The maximum absolute atomic E-state index is 10.8. The maximum Gasteiger partial charge on any atom is 0.472 e. The molecule has 0 aromatic carbocycles. The summed E-state index contributed by atoms with van der Waals surface area (Å²) in [7, 11) is -4.90. The molecular weight excluding hydrogens is 323 g/mol. The van der Waals surface area contributed by atoms with Gasteiger partial charge in [-0.25, -0.2) is 4.57 Å². The predicted octanol–water partition coefficient (Wildman–Crippen LogP) is -1.10. The fraction of sp³-hybridized carbons (Fsp3) is 1.00. The van der Waals surface area contributed by atoms with Gasteiger partial charge >= 0.3 is 7.82 Å².